The molecule has 0 unspecified atom stereocenters. The molecule has 2 aromatic carbocycles. The van der Waals surface area contributed by atoms with Gasteiger partial charge in [-0.15, -0.1) is 0 Å². The van der Waals surface area contributed by atoms with Crippen molar-refractivity contribution in [2.24, 2.45) is 7.05 Å². The molecule has 9 heteroatoms. The standard InChI is InChI=1S/C21H21BFN5O2/c1-3-17-18-20(24-12-13-4-10-16(23)11-5-13)25-19(26-21(18)28(2)27-17)14-6-8-15(9-7-14)22(29)30/h4-11,29-30H,3,12H2,1-2H3,(H,24,25,26). The van der Waals surface area contributed by atoms with Gasteiger partial charge in [0, 0.05) is 19.2 Å². The minimum absolute atomic E-state index is 0.276. The van der Waals surface area contributed by atoms with Crippen LogP contribution in [0.15, 0.2) is 48.5 Å². The Hall–Kier alpha value is -3.30. The Morgan fingerprint density at radius 1 is 1.03 bits per heavy atom. The minimum Gasteiger partial charge on any atom is -0.423 e. The normalized spacial score (nSPS) is 11.1. The average Bonchev–Trinajstić information content (AvgIpc) is 3.09. The number of fused-ring (bicyclic) bond motifs is 1. The van der Waals surface area contributed by atoms with Gasteiger partial charge in [0.15, 0.2) is 11.5 Å². The predicted molar refractivity (Wildman–Crippen MR) is 115 cm³/mol. The largest absolute Gasteiger partial charge is 0.488 e. The Morgan fingerprint density at radius 2 is 1.73 bits per heavy atom. The number of hydrogen-bond acceptors (Lipinski definition) is 6. The number of rotatable bonds is 6. The van der Waals surface area contributed by atoms with Crippen LogP contribution in [0.1, 0.15) is 18.2 Å². The molecule has 0 amide bonds. The molecule has 0 radical (unpaired) electrons. The Bertz CT molecular complexity index is 1180. The maximum atomic E-state index is 13.2. The number of halogens is 1. The Kier molecular flexibility index (Phi) is 5.47. The van der Waals surface area contributed by atoms with Gasteiger partial charge in [-0.25, -0.2) is 19.0 Å². The molecule has 0 fully saturated rings. The van der Waals surface area contributed by atoms with Gasteiger partial charge in [0.05, 0.1) is 11.1 Å². The van der Waals surface area contributed by atoms with Crippen LogP contribution in [-0.2, 0) is 20.0 Å². The number of nitrogens with zero attached hydrogens (tertiary/aromatic N) is 4. The topological polar surface area (TPSA) is 96.1 Å². The van der Waals surface area contributed by atoms with Gasteiger partial charge in [0.25, 0.3) is 0 Å². The average molecular weight is 405 g/mol. The van der Waals surface area contributed by atoms with Crippen LogP contribution in [0.4, 0.5) is 10.2 Å². The highest BCUT2D eigenvalue weighted by atomic mass is 19.1. The lowest BCUT2D eigenvalue weighted by Crippen LogP contribution is -2.29. The summed E-state index contributed by atoms with van der Waals surface area (Å²) in [6.45, 7) is 2.50. The maximum Gasteiger partial charge on any atom is 0.488 e. The smallest absolute Gasteiger partial charge is 0.423 e. The Morgan fingerprint density at radius 3 is 2.37 bits per heavy atom. The van der Waals surface area contributed by atoms with Crippen LogP contribution in [0.25, 0.3) is 22.4 Å². The molecular formula is C21H21BFN5O2. The third-order valence-electron chi connectivity index (χ3n) is 4.93. The van der Waals surface area contributed by atoms with E-state index < -0.39 is 7.12 Å². The molecule has 30 heavy (non-hydrogen) atoms. The molecule has 0 saturated heterocycles. The van der Waals surface area contributed by atoms with Gasteiger partial charge >= 0.3 is 7.12 Å². The summed E-state index contributed by atoms with van der Waals surface area (Å²) in [6.07, 6.45) is 0.731. The first-order valence-electron chi connectivity index (χ1n) is 9.64. The van der Waals surface area contributed by atoms with E-state index in [1.54, 1.807) is 41.1 Å². The summed E-state index contributed by atoms with van der Waals surface area (Å²) < 4.78 is 14.9. The molecule has 0 saturated carbocycles. The highest BCUT2D eigenvalue weighted by Crippen LogP contribution is 2.28. The van der Waals surface area contributed by atoms with Crippen LogP contribution >= 0.6 is 0 Å². The van der Waals surface area contributed by atoms with Gasteiger partial charge in [-0.2, -0.15) is 5.10 Å². The van der Waals surface area contributed by atoms with Crippen molar-refractivity contribution in [2.45, 2.75) is 19.9 Å². The molecule has 3 N–H and O–H groups in total. The van der Waals surface area contributed by atoms with Crippen molar-refractivity contribution >= 4 is 29.4 Å². The van der Waals surface area contributed by atoms with Crippen molar-refractivity contribution in [3.63, 3.8) is 0 Å². The van der Waals surface area contributed by atoms with E-state index in [0.29, 0.717) is 29.3 Å². The van der Waals surface area contributed by atoms with Crippen LogP contribution in [0.5, 0.6) is 0 Å². The SMILES string of the molecule is CCc1nn(C)c2nc(-c3ccc(B(O)O)cc3)nc(NCc3ccc(F)cc3)c12. The first kappa shape index (κ1) is 20.0. The highest BCUT2D eigenvalue weighted by molar-refractivity contribution is 6.58. The molecular weight excluding hydrogens is 384 g/mol. The van der Waals surface area contributed by atoms with Gasteiger partial charge in [-0.3, -0.25) is 0 Å². The number of aromatic nitrogens is 4. The second-order valence-electron chi connectivity index (χ2n) is 6.99. The van der Waals surface area contributed by atoms with E-state index in [-0.39, 0.29) is 5.82 Å². The van der Waals surface area contributed by atoms with Crippen LogP contribution in [0.2, 0.25) is 0 Å². The maximum absolute atomic E-state index is 13.2. The third-order valence-corrected chi connectivity index (χ3v) is 4.93. The van der Waals surface area contributed by atoms with E-state index in [1.165, 1.54) is 12.1 Å². The number of anilines is 1. The van der Waals surface area contributed by atoms with Crippen LogP contribution in [-0.4, -0.2) is 36.9 Å². The minimum atomic E-state index is -1.53. The summed E-state index contributed by atoms with van der Waals surface area (Å²) >= 11 is 0. The van der Waals surface area contributed by atoms with Gasteiger partial charge in [0.2, 0.25) is 0 Å². The summed E-state index contributed by atoms with van der Waals surface area (Å²) in [5.41, 5.74) is 3.64. The van der Waals surface area contributed by atoms with E-state index in [4.69, 9.17) is 9.97 Å². The van der Waals surface area contributed by atoms with E-state index in [0.717, 1.165) is 28.6 Å². The van der Waals surface area contributed by atoms with Crippen molar-refractivity contribution in [1.29, 1.82) is 0 Å². The van der Waals surface area contributed by atoms with E-state index in [9.17, 15) is 14.4 Å². The Labute approximate surface area is 173 Å². The van der Waals surface area contributed by atoms with Gasteiger partial charge in [0.1, 0.15) is 11.6 Å². The monoisotopic (exact) mass is 405 g/mol. The highest BCUT2D eigenvalue weighted by Gasteiger charge is 2.18. The van der Waals surface area contributed by atoms with Gasteiger partial charge < -0.3 is 15.4 Å². The third kappa shape index (κ3) is 3.89. The fourth-order valence-electron chi connectivity index (χ4n) is 3.32. The molecule has 4 rings (SSSR count). The van der Waals surface area contributed by atoms with Crippen molar-refractivity contribution in [3.8, 4) is 11.4 Å². The van der Waals surface area contributed by atoms with Crippen LogP contribution < -0.4 is 10.8 Å². The zero-order chi connectivity index (χ0) is 21.3. The van der Waals surface area contributed by atoms with E-state index in [1.807, 2.05) is 14.0 Å². The van der Waals surface area contributed by atoms with E-state index in [2.05, 4.69) is 10.4 Å². The fraction of sp³-hybridized carbons (Fsp3) is 0.190. The van der Waals surface area contributed by atoms with Gasteiger partial charge in [-0.1, -0.05) is 43.3 Å². The molecule has 0 spiro atoms. The quantitative estimate of drug-likeness (QED) is 0.425. The molecule has 0 aliphatic rings. The summed E-state index contributed by atoms with van der Waals surface area (Å²) in [4.78, 5) is 9.42. The summed E-state index contributed by atoms with van der Waals surface area (Å²) in [7, 11) is 0.312. The summed E-state index contributed by atoms with van der Waals surface area (Å²) in [5, 5.41) is 27.4. The lowest BCUT2D eigenvalue weighted by atomic mass is 9.80. The molecule has 0 aliphatic heterocycles. The number of benzene rings is 2. The number of hydrogen-bond donors (Lipinski definition) is 3. The first-order chi connectivity index (χ1) is 14.5. The van der Waals surface area contributed by atoms with Gasteiger partial charge in [-0.05, 0) is 29.6 Å². The van der Waals surface area contributed by atoms with Crippen molar-refractivity contribution in [3.05, 3.63) is 65.6 Å². The lowest BCUT2D eigenvalue weighted by molar-refractivity contribution is 0.426. The molecule has 0 atom stereocenters. The second-order valence-corrected chi connectivity index (χ2v) is 6.99. The van der Waals surface area contributed by atoms with Crippen molar-refractivity contribution in [1.82, 2.24) is 19.7 Å². The zero-order valence-electron chi connectivity index (χ0n) is 16.7. The number of aryl methyl sites for hydroxylation is 2. The molecule has 0 aliphatic carbocycles. The molecule has 7 nitrogen and oxygen atoms in total. The lowest BCUT2D eigenvalue weighted by Gasteiger charge is -2.11. The predicted octanol–water partition coefficient (Wildman–Crippen LogP) is 2.02. The van der Waals surface area contributed by atoms with Crippen molar-refractivity contribution in [2.75, 3.05) is 5.32 Å². The van der Waals surface area contributed by atoms with E-state index >= 15 is 0 Å². The summed E-state index contributed by atoms with van der Waals surface area (Å²) in [6, 6.07) is 13.1. The van der Waals surface area contributed by atoms with Crippen LogP contribution in [0, 0.1) is 5.82 Å². The van der Waals surface area contributed by atoms with Crippen LogP contribution in [0.3, 0.4) is 0 Å². The zero-order valence-corrected chi connectivity index (χ0v) is 16.7. The molecule has 2 aromatic heterocycles. The fourth-order valence-corrected chi connectivity index (χ4v) is 3.32. The van der Waals surface area contributed by atoms with Crippen molar-refractivity contribution < 1.29 is 14.4 Å². The number of nitrogens with one attached hydrogen (secondary N) is 1. The molecule has 4 aromatic rings. The molecule has 0 bridgehead atoms. The Balaban J connectivity index is 1.76. The second kappa shape index (κ2) is 8.21. The summed E-state index contributed by atoms with van der Waals surface area (Å²) in [5.74, 6) is 0.867. The molecule has 2 heterocycles. The molecule has 152 valence electrons. The first-order valence-corrected chi connectivity index (χ1v) is 9.64.